The first kappa shape index (κ1) is 23.7. The summed E-state index contributed by atoms with van der Waals surface area (Å²) in [6.45, 7) is 0.319. The average Bonchev–Trinajstić information content (AvgIpc) is 3.32. The predicted molar refractivity (Wildman–Crippen MR) is 141 cm³/mol. The van der Waals surface area contributed by atoms with Crippen molar-refractivity contribution in [1.29, 1.82) is 0 Å². The van der Waals surface area contributed by atoms with E-state index in [1.54, 1.807) is 42.5 Å². The van der Waals surface area contributed by atoms with Crippen LogP contribution in [0.3, 0.4) is 0 Å². The van der Waals surface area contributed by atoms with Gasteiger partial charge in [-0.2, -0.15) is 0 Å². The molecule has 5 rings (SSSR count). The van der Waals surface area contributed by atoms with Crippen molar-refractivity contribution in [2.45, 2.75) is 6.42 Å². The fraction of sp³-hybridized carbons (Fsp3) is 0.148. The lowest BCUT2D eigenvalue weighted by Crippen LogP contribution is -2.28. The lowest BCUT2D eigenvalue weighted by Gasteiger charge is -2.17. The Kier molecular flexibility index (Phi) is 6.89. The Labute approximate surface area is 213 Å². The van der Waals surface area contributed by atoms with Crippen LogP contribution in [-0.2, 0) is 9.59 Å². The van der Waals surface area contributed by atoms with Gasteiger partial charge in [0.1, 0.15) is 29.5 Å². The van der Waals surface area contributed by atoms with Gasteiger partial charge < -0.3 is 25.6 Å². The highest BCUT2D eigenvalue weighted by Gasteiger charge is 2.35. The largest absolute Gasteiger partial charge is 0.497 e. The summed E-state index contributed by atoms with van der Waals surface area (Å²) in [5.41, 5.74) is 2.15. The fourth-order valence-electron chi connectivity index (χ4n) is 4.00. The number of carbonyl (C=O) groups is 2. The standard InChI is InChI=1S/C27H25N7O3/c1-37-22-6-4-5-21(14-22)34-16-18(13-26(34)35)27(36)32-20-10-8-19(9-11-20)31-24-15-25(30-17-29-24)33-23-7-2-3-12-28-23/h2-12,14-15,17-18H,13,16H2,1H3,(H,32,36)(H2,28,29,30,31,33). The summed E-state index contributed by atoms with van der Waals surface area (Å²) in [6, 6.07) is 21.9. The lowest BCUT2D eigenvalue weighted by atomic mass is 10.1. The van der Waals surface area contributed by atoms with Gasteiger partial charge >= 0.3 is 0 Å². The molecule has 0 radical (unpaired) electrons. The number of nitrogens with one attached hydrogen (secondary N) is 3. The van der Waals surface area contributed by atoms with Gasteiger partial charge in [-0.15, -0.1) is 0 Å². The molecule has 186 valence electrons. The van der Waals surface area contributed by atoms with E-state index in [2.05, 4.69) is 30.9 Å². The topological polar surface area (TPSA) is 121 Å². The van der Waals surface area contributed by atoms with Gasteiger partial charge in [0.15, 0.2) is 0 Å². The molecule has 2 aromatic carbocycles. The SMILES string of the molecule is COc1cccc(N2CC(C(=O)Nc3ccc(Nc4cc(Nc5ccccn5)ncn4)cc3)CC2=O)c1. The molecule has 3 N–H and O–H groups in total. The molecule has 10 nitrogen and oxygen atoms in total. The molecule has 3 heterocycles. The number of anilines is 6. The van der Waals surface area contributed by atoms with E-state index in [1.807, 2.05) is 48.5 Å². The van der Waals surface area contributed by atoms with Crippen LogP contribution in [0.15, 0.2) is 85.3 Å². The molecule has 0 bridgehead atoms. The van der Waals surface area contributed by atoms with Gasteiger partial charge in [0.05, 0.1) is 13.0 Å². The molecule has 4 aromatic rings. The first-order chi connectivity index (χ1) is 18.1. The Morgan fingerprint density at radius 3 is 2.43 bits per heavy atom. The van der Waals surface area contributed by atoms with Crippen molar-refractivity contribution in [1.82, 2.24) is 15.0 Å². The number of methoxy groups -OCH3 is 1. The Morgan fingerprint density at radius 1 is 0.892 bits per heavy atom. The molecule has 1 unspecified atom stereocenters. The zero-order valence-corrected chi connectivity index (χ0v) is 20.1. The molecule has 10 heteroatoms. The molecule has 2 amide bonds. The van der Waals surface area contributed by atoms with Crippen LogP contribution in [0.4, 0.5) is 34.5 Å². The van der Waals surface area contributed by atoms with E-state index < -0.39 is 5.92 Å². The average molecular weight is 496 g/mol. The molecular formula is C27H25N7O3. The van der Waals surface area contributed by atoms with Crippen LogP contribution in [-0.4, -0.2) is 40.4 Å². The first-order valence-corrected chi connectivity index (χ1v) is 11.7. The van der Waals surface area contributed by atoms with Crippen LogP contribution >= 0.6 is 0 Å². The molecule has 2 aromatic heterocycles. The summed E-state index contributed by atoms with van der Waals surface area (Å²) in [6.07, 6.45) is 3.31. The van der Waals surface area contributed by atoms with E-state index in [0.29, 0.717) is 35.4 Å². The second-order valence-electron chi connectivity index (χ2n) is 8.43. The molecular weight excluding hydrogens is 470 g/mol. The van der Waals surface area contributed by atoms with E-state index in [-0.39, 0.29) is 18.2 Å². The smallest absolute Gasteiger partial charge is 0.229 e. The number of amides is 2. The van der Waals surface area contributed by atoms with Crippen LogP contribution in [0.2, 0.25) is 0 Å². The zero-order chi connectivity index (χ0) is 25.6. The number of hydrogen-bond acceptors (Lipinski definition) is 8. The highest BCUT2D eigenvalue weighted by molar-refractivity contribution is 6.03. The predicted octanol–water partition coefficient (Wildman–Crippen LogP) is 4.36. The van der Waals surface area contributed by atoms with Gasteiger partial charge in [-0.3, -0.25) is 9.59 Å². The molecule has 37 heavy (non-hydrogen) atoms. The van der Waals surface area contributed by atoms with E-state index in [9.17, 15) is 9.59 Å². The number of hydrogen-bond donors (Lipinski definition) is 3. The normalized spacial score (nSPS) is 14.8. The van der Waals surface area contributed by atoms with Crippen LogP contribution in [0.5, 0.6) is 5.75 Å². The molecule has 0 spiro atoms. The summed E-state index contributed by atoms with van der Waals surface area (Å²) in [5.74, 6) is 1.83. The minimum Gasteiger partial charge on any atom is -0.497 e. The maximum atomic E-state index is 12.9. The van der Waals surface area contributed by atoms with Gasteiger partial charge in [0, 0.05) is 48.4 Å². The highest BCUT2D eigenvalue weighted by Crippen LogP contribution is 2.29. The van der Waals surface area contributed by atoms with Crippen molar-refractivity contribution in [2.24, 2.45) is 5.92 Å². The second-order valence-corrected chi connectivity index (χ2v) is 8.43. The number of ether oxygens (including phenoxy) is 1. The summed E-state index contributed by atoms with van der Waals surface area (Å²) < 4.78 is 5.24. The van der Waals surface area contributed by atoms with Crippen LogP contribution in [0, 0.1) is 5.92 Å². The Balaban J connectivity index is 1.18. The Morgan fingerprint density at radius 2 is 1.68 bits per heavy atom. The van der Waals surface area contributed by atoms with Crippen molar-refractivity contribution in [3.05, 3.63) is 85.3 Å². The quantitative estimate of drug-likeness (QED) is 0.330. The van der Waals surface area contributed by atoms with Gasteiger partial charge in [0.25, 0.3) is 0 Å². The summed E-state index contributed by atoms with van der Waals surface area (Å²) in [7, 11) is 1.58. The summed E-state index contributed by atoms with van der Waals surface area (Å²) in [5, 5.41) is 9.26. The molecule has 1 saturated heterocycles. The van der Waals surface area contributed by atoms with E-state index in [4.69, 9.17) is 4.74 Å². The summed E-state index contributed by atoms with van der Waals surface area (Å²) in [4.78, 5) is 39.7. The summed E-state index contributed by atoms with van der Waals surface area (Å²) >= 11 is 0. The Bertz CT molecular complexity index is 1400. The highest BCUT2D eigenvalue weighted by atomic mass is 16.5. The fourth-order valence-corrected chi connectivity index (χ4v) is 4.00. The first-order valence-electron chi connectivity index (χ1n) is 11.7. The minimum absolute atomic E-state index is 0.0882. The number of nitrogens with zero attached hydrogens (tertiary/aromatic N) is 4. The maximum Gasteiger partial charge on any atom is 0.229 e. The van der Waals surface area contributed by atoms with Gasteiger partial charge in [-0.25, -0.2) is 15.0 Å². The molecule has 1 aliphatic heterocycles. The third-order valence-corrected chi connectivity index (χ3v) is 5.87. The minimum atomic E-state index is -0.442. The van der Waals surface area contributed by atoms with Crippen LogP contribution in [0.1, 0.15) is 6.42 Å². The van der Waals surface area contributed by atoms with Crippen LogP contribution in [0.25, 0.3) is 0 Å². The van der Waals surface area contributed by atoms with Crippen molar-refractivity contribution >= 4 is 46.3 Å². The molecule has 1 atom stereocenters. The van der Waals surface area contributed by atoms with E-state index in [0.717, 1.165) is 11.4 Å². The van der Waals surface area contributed by atoms with Crippen molar-refractivity contribution < 1.29 is 14.3 Å². The molecule has 1 fully saturated rings. The monoisotopic (exact) mass is 495 g/mol. The lowest BCUT2D eigenvalue weighted by molar-refractivity contribution is -0.122. The van der Waals surface area contributed by atoms with Gasteiger partial charge in [-0.1, -0.05) is 12.1 Å². The van der Waals surface area contributed by atoms with Gasteiger partial charge in [0.2, 0.25) is 11.8 Å². The number of carbonyl (C=O) groups excluding carboxylic acids is 2. The third-order valence-electron chi connectivity index (χ3n) is 5.87. The molecule has 0 saturated carbocycles. The van der Waals surface area contributed by atoms with E-state index in [1.165, 1.54) is 6.33 Å². The zero-order valence-electron chi connectivity index (χ0n) is 20.1. The maximum absolute atomic E-state index is 12.9. The number of pyridine rings is 1. The van der Waals surface area contributed by atoms with Crippen LogP contribution < -0.4 is 25.6 Å². The Hall–Kier alpha value is -4.99. The number of benzene rings is 2. The molecule has 0 aliphatic carbocycles. The van der Waals surface area contributed by atoms with Crippen molar-refractivity contribution in [2.75, 3.05) is 34.5 Å². The van der Waals surface area contributed by atoms with E-state index >= 15 is 0 Å². The third kappa shape index (κ3) is 5.81. The molecule has 1 aliphatic rings. The number of rotatable bonds is 8. The number of aromatic nitrogens is 3. The second kappa shape index (κ2) is 10.7. The van der Waals surface area contributed by atoms with Gasteiger partial charge in [-0.05, 0) is 48.5 Å². The van der Waals surface area contributed by atoms with Crippen molar-refractivity contribution in [3.8, 4) is 5.75 Å². The van der Waals surface area contributed by atoms with Crippen molar-refractivity contribution in [3.63, 3.8) is 0 Å².